The van der Waals surface area contributed by atoms with Crippen molar-refractivity contribution in [2.24, 2.45) is 0 Å². The fourth-order valence-corrected chi connectivity index (χ4v) is 2.27. The Morgan fingerprint density at radius 2 is 2.17 bits per heavy atom. The number of amides is 1. The number of hydrogen-bond acceptors (Lipinski definition) is 4. The van der Waals surface area contributed by atoms with E-state index < -0.39 is 12.0 Å². The fraction of sp³-hybridized carbons (Fsp3) is 0.833. The quantitative estimate of drug-likeness (QED) is 0.728. The molecule has 0 aromatic heterocycles. The summed E-state index contributed by atoms with van der Waals surface area (Å²) in [6.07, 6.45) is -0.138. The molecule has 0 radical (unpaired) electrons. The summed E-state index contributed by atoms with van der Waals surface area (Å²) in [5.41, 5.74) is 0. The van der Waals surface area contributed by atoms with Crippen molar-refractivity contribution in [2.75, 3.05) is 33.4 Å². The van der Waals surface area contributed by atoms with E-state index in [0.29, 0.717) is 26.2 Å². The Kier molecular flexibility index (Phi) is 5.55. The highest BCUT2D eigenvalue weighted by Gasteiger charge is 2.36. The fourth-order valence-electron chi connectivity index (χ4n) is 2.27. The van der Waals surface area contributed by atoms with Crippen LogP contribution in [-0.2, 0) is 14.3 Å². The lowest BCUT2D eigenvalue weighted by atomic mass is 10.1. The molecule has 0 spiro atoms. The monoisotopic (exact) mass is 258 g/mol. The maximum atomic E-state index is 12.2. The molecule has 1 rings (SSSR count). The number of nitrogens with zero attached hydrogens (tertiary/aromatic N) is 2. The summed E-state index contributed by atoms with van der Waals surface area (Å²) in [7, 11) is 1.59. The third kappa shape index (κ3) is 3.68. The molecule has 104 valence electrons. The van der Waals surface area contributed by atoms with Gasteiger partial charge in [-0.15, -0.1) is 0 Å². The predicted octanol–water partition coefficient (Wildman–Crippen LogP) is 0.0287. The average molecular weight is 258 g/mol. The number of methoxy groups -OCH3 is 1. The maximum absolute atomic E-state index is 12.2. The summed E-state index contributed by atoms with van der Waals surface area (Å²) >= 11 is 0. The topological polar surface area (TPSA) is 70.1 Å². The number of piperazine rings is 1. The summed E-state index contributed by atoms with van der Waals surface area (Å²) in [5, 5.41) is 8.92. The van der Waals surface area contributed by atoms with Crippen LogP contribution in [0.25, 0.3) is 0 Å². The molecule has 0 bridgehead atoms. The van der Waals surface area contributed by atoms with Crippen LogP contribution in [0.1, 0.15) is 20.3 Å². The van der Waals surface area contributed by atoms with Gasteiger partial charge in [-0.05, 0) is 13.8 Å². The lowest BCUT2D eigenvalue weighted by Crippen LogP contribution is -2.59. The van der Waals surface area contributed by atoms with E-state index in [4.69, 9.17) is 9.84 Å². The van der Waals surface area contributed by atoms with Gasteiger partial charge in [0.25, 0.3) is 0 Å². The molecular weight excluding hydrogens is 236 g/mol. The van der Waals surface area contributed by atoms with Gasteiger partial charge in [-0.25, -0.2) is 0 Å². The number of carbonyl (C=O) groups is 2. The van der Waals surface area contributed by atoms with Crippen LogP contribution < -0.4 is 0 Å². The largest absolute Gasteiger partial charge is 0.481 e. The van der Waals surface area contributed by atoms with E-state index >= 15 is 0 Å². The molecule has 1 amide bonds. The molecule has 18 heavy (non-hydrogen) atoms. The highest BCUT2D eigenvalue weighted by atomic mass is 16.5. The van der Waals surface area contributed by atoms with Gasteiger partial charge in [0, 0.05) is 32.8 Å². The Morgan fingerprint density at radius 1 is 1.50 bits per heavy atom. The van der Waals surface area contributed by atoms with Crippen LogP contribution in [0.3, 0.4) is 0 Å². The molecule has 6 heteroatoms. The first-order valence-corrected chi connectivity index (χ1v) is 6.22. The maximum Gasteiger partial charge on any atom is 0.305 e. The van der Waals surface area contributed by atoms with Crippen LogP contribution in [0.5, 0.6) is 0 Å². The molecule has 6 nitrogen and oxygen atoms in total. The van der Waals surface area contributed by atoms with Gasteiger partial charge in [0.05, 0.1) is 13.0 Å². The van der Waals surface area contributed by atoms with Gasteiger partial charge < -0.3 is 14.7 Å². The number of hydrogen-bond donors (Lipinski definition) is 1. The molecule has 1 N–H and O–H groups in total. The number of rotatable bonds is 6. The van der Waals surface area contributed by atoms with Crippen LogP contribution in [-0.4, -0.2) is 72.2 Å². The Labute approximate surface area is 107 Å². The van der Waals surface area contributed by atoms with Crippen molar-refractivity contribution in [1.82, 2.24) is 9.80 Å². The van der Waals surface area contributed by atoms with Crippen LogP contribution in [0.15, 0.2) is 0 Å². The summed E-state index contributed by atoms with van der Waals surface area (Å²) in [6, 6.07) is -0.379. The second kappa shape index (κ2) is 6.70. The van der Waals surface area contributed by atoms with Crippen molar-refractivity contribution in [3.8, 4) is 0 Å². The van der Waals surface area contributed by atoms with Gasteiger partial charge in [-0.2, -0.15) is 0 Å². The second-order valence-electron chi connectivity index (χ2n) is 4.76. The minimum Gasteiger partial charge on any atom is -0.481 e. The number of aliphatic carboxylic acids is 1. The lowest BCUT2D eigenvalue weighted by Gasteiger charge is -2.42. The second-order valence-corrected chi connectivity index (χ2v) is 4.76. The van der Waals surface area contributed by atoms with Gasteiger partial charge in [0.15, 0.2) is 0 Å². The van der Waals surface area contributed by atoms with E-state index in [2.05, 4.69) is 0 Å². The zero-order valence-electron chi connectivity index (χ0n) is 11.3. The summed E-state index contributed by atoms with van der Waals surface area (Å²) in [6.45, 7) is 6.31. The first-order chi connectivity index (χ1) is 8.47. The molecule has 0 aromatic rings. The van der Waals surface area contributed by atoms with Crippen molar-refractivity contribution in [3.63, 3.8) is 0 Å². The Bertz CT molecular complexity index is 306. The minimum absolute atomic E-state index is 0.102. The zero-order chi connectivity index (χ0) is 13.7. The first-order valence-electron chi connectivity index (χ1n) is 6.22. The Morgan fingerprint density at radius 3 is 2.67 bits per heavy atom. The van der Waals surface area contributed by atoms with Crippen molar-refractivity contribution in [2.45, 2.75) is 32.4 Å². The van der Waals surface area contributed by atoms with Crippen molar-refractivity contribution < 1.29 is 19.4 Å². The molecule has 0 aliphatic carbocycles. The van der Waals surface area contributed by atoms with Crippen molar-refractivity contribution in [3.05, 3.63) is 0 Å². The van der Waals surface area contributed by atoms with Crippen molar-refractivity contribution >= 4 is 11.9 Å². The average Bonchev–Trinajstić information content (AvgIpc) is 2.29. The number of carboxylic acid groups (broad SMARTS) is 1. The van der Waals surface area contributed by atoms with Gasteiger partial charge in [-0.1, -0.05) is 0 Å². The molecule has 1 aliphatic rings. The molecule has 1 atom stereocenters. The van der Waals surface area contributed by atoms with Crippen LogP contribution in [0.4, 0.5) is 0 Å². The molecule has 0 saturated carbocycles. The lowest BCUT2D eigenvalue weighted by molar-refractivity contribution is -0.150. The highest BCUT2D eigenvalue weighted by Crippen LogP contribution is 2.17. The van der Waals surface area contributed by atoms with Crippen LogP contribution in [0, 0.1) is 0 Å². The molecule has 1 saturated heterocycles. The van der Waals surface area contributed by atoms with E-state index in [-0.39, 0.29) is 18.4 Å². The highest BCUT2D eigenvalue weighted by molar-refractivity contribution is 5.86. The van der Waals surface area contributed by atoms with Gasteiger partial charge >= 0.3 is 5.97 Å². The third-order valence-corrected chi connectivity index (χ3v) is 3.22. The molecule has 0 aromatic carbocycles. The smallest absolute Gasteiger partial charge is 0.305 e. The zero-order valence-corrected chi connectivity index (χ0v) is 11.3. The van der Waals surface area contributed by atoms with Gasteiger partial charge in [-0.3, -0.25) is 14.5 Å². The molecule has 1 unspecified atom stereocenters. The number of carbonyl (C=O) groups excluding carboxylic acids is 1. The van der Waals surface area contributed by atoms with E-state index in [1.54, 1.807) is 12.0 Å². The van der Waals surface area contributed by atoms with Crippen molar-refractivity contribution in [1.29, 1.82) is 0 Å². The third-order valence-electron chi connectivity index (χ3n) is 3.22. The minimum atomic E-state index is -0.937. The SMILES string of the molecule is COCCN1CCN(C(C)C)C(CC(=O)O)C1=O. The Hall–Kier alpha value is -1.14. The number of ether oxygens (including phenoxy) is 1. The molecular formula is C12H22N2O4. The Balaban J connectivity index is 2.74. The van der Waals surface area contributed by atoms with E-state index in [1.165, 1.54) is 0 Å². The van der Waals surface area contributed by atoms with E-state index in [9.17, 15) is 9.59 Å². The van der Waals surface area contributed by atoms with E-state index in [0.717, 1.165) is 0 Å². The van der Waals surface area contributed by atoms with Crippen LogP contribution in [0.2, 0.25) is 0 Å². The molecule has 1 aliphatic heterocycles. The standard InChI is InChI=1S/C12H22N2O4/c1-9(2)14-5-4-13(6-7-18-3)12(17)10(14)8-11(15)16/h9-10H,4-8H2,1-3H3,(H,15,16). The first kappa shape index (κ1) is 14.9. The van der Waals surface area contributed by atoms with E-state index in [1.807, 2.05) is 18.7 Å². The summed E-state index contributed by atoms with van der Waals surface area (Å²) < 4.78 is 4.96. The normalized spacial score (nSPS) is 21.7. The molecule has 1 fully saturated rings. The van der Waals surface area contributed by atoms with Gasteiger partial charge in [0.2, 0.25) is 5.91 Å². The predicted molar refractivity (Wildman–Crippen MR) is 66.3 cm³/mol. The molecule has 1 heterocycles. The van der Waals surface area contributed by atoms with Gasteiger partial charge in [0.1, 0.15) is 6.04 Å². The summed E-state index contributed by atoms with van der Waals surface area (Å²) in [4.78, 5) is 26.8. The van der Waals surface area contributed by atoms with Crippen LogP contribution >= 0.6 is 0 Å². The summed E-state index contributed by atoms with van der Waals surface area (Å²) in [5.74, 6) is -1.04. The number of carboxylic acids is 1.